The van der Waals surface area contributed by atoms with Crippen LogP contribution in [0.3, 0.4) is 0 Å². The van der Waals surface area contributed by atoms with Crippen molar-refractivity contribution in [1.29, 1.82) is 0 Å². The fourth-order valence-corrected chi connectivity index (χ4v) is 1.62. The fourth-order valence-electron chi connectivity index (χ4n) is 1.49. The maximum absolute atomic E-state index is 5.80. The lowest BCUT2D eigenvalue weighted by atomic mass is 10.2. The minimum Gasteiger partial charge on any atom is -0.245 e. The monoisotopic (exact) mass is 260 g/mol. The Labute approximate surface area is 111 Å². The first-order valence-corrected chi connectivity index (χ1v) is 5.88. The SMILES string of the molecule is Cc1cc(C)nc(N/N=C/c2ccc(Cl)cc2)n1. The maximum Gasteiger partial charge on any atom is 0.243 e. The van der Waals surface area contributed by atoms with Gasteiger partial charge >= 0.3 is 0 Å². The van der Waals surface area contributed by atoms with Crippen molar-refractivity contribution in [2.24, 2.45) is 5.10 Å². The highest BCUT2D eigenvalue weighted by Crippen LogP contribution is 2.08. The number of aromatic nitrogens is 2. The van der Waals surface area contributed by atoms with Gasteiger partial charge in [-0.15, -0.1) is 0 Å². The van der Waals surface area contributed by atoms with Gasteiger partial charge in [0, 0.05) is 16.4 Å². The van der Waals surface area contributed by atoms with Crippen LogP contribution >= 0.6 is 11.6 Å². The number of nitrogens with one attached hydrogen (secondary N) is 1. The quantitative estimate of drug-likeness (QED) is 0.681. The van der Waals surface area contributed by atoms with Crippen LogP contribution in [-0.2, 0) is 0 Å². The third-order valence-electron chi connectivity index (χ3n) is 2.23. The van der Waals surface area contributed by atoms with Gasteiger partial charge in [0.05, 0.1) is 6.21 Å². The Morgan fingerprint density at radius 3 is 2.33 bits per heavy atom. The molecule has 1 aromatic heterocycles. The molecule has 1 aromatic carbocycles. The molecule has 18 heavy (non-hydrogen) atoms. The summed E-state index contributed by atoms with van der Waals surface area (Å²) < 4.78 is 0. The van der Waals surface area contributed by atoms with Crippen molar-refractivity contribution in [1.82, 2.24) is 9.97 Å². The van der Waals surface area contributed by atoms with Crippen molar-refractivity contribution in [3.63, 3.8) is 0 Å². The predicted molar refractivity (Wildman–Crippen MR) is 74.2 cm³/mol. The predicted octanol–water partition coefficient (Wildman–Crippen LogP) is 3.19. The molecule has 2 rings (SSSR count). The van der Waals surface area contributed by atoms with Gasteiger partial charge in [-0.2, -0.15) is 5.10 Å². The van der Waals surface area contributed by atoms with E-state index in [0.717, 1.165) is 17.0 Å². The normalized spacial score (nSPS) is 10.8. The van der Waals surface area contributed by atoms with Crippen molar-refractivity contribution in [3.05, 3.63) is 52.3 Å². The Morgan fingerprint density at radius 1 is 1.11 bits per heavy atom. The zero-order valence-corrected chi connectivity index (χ0v) is 10.9. The summed E-state index contributed by atoms with van der Waals surface area (Å²) in [6.07, 6.45) is 1.69. The summed E-state index contributed by atoms with van der Waals surface area (Å²) in [6.45, 7) is 3.84. The highest BCUT2D eigenvalue weighted by atomic mass is 35.5. The second-order valence-corrected chi connectivity index (χ2v) is 4.33. The van der Waals surface area contributed by atoms with E-state index in [2.05, 4.69) is 20.5 Å². The van der Waals surface area contributed by atoms with Crippen LogP contribution in [0.4, 0.5) is 5.95 Å². The zero-order valence-electron chi connectivity index (χ0n) is 10.2. The van der Waals surface area contributed by atoms with Gasteiger partial charge in [-0.1, -0.05) is 23.7 Å². The lowest BCUT2D eigenvalue weighted by molar-refractivity contribution is 1.04. The van der Waals surface area contributed by atoms with E-state index in [0.29, 0.717) is 11.0 Å². The lowest BCUT2D eigenvalue weighted by Crippen LogP contribution is -1.99. The first-order chi connectivity index (χ1) is 8.63. The number of anilines is 1. The summed E-state index contributed by atoms with van der Waals surface area (Å²) in [7, 11) is 0. The number of hydrogen-bond donors (Lipinski definition) is 1. The molecule has 0 aliphatic heterocycles. The molecule has 0 unspecified atom stereocenters. The summed E-state index contributed by atoms with van der Waals surface area (Å²) in [5.74, 6) is 0.498. The van der Waals surface area contributed by atoms with Crippen LogP contribution in [0.1, 0.15) is 17.0 Å². The van der Waals surface area contributed by atoms with Crippen LogP contribution in [0, 0.1) is 13.8 Å². The molecule has 0 fully saturated rings. The van der Waals surface area contributed by atoms with E-state index in [1.807, 2.05) is 44.2 Å². The van der Waals surface area contributed by atoms with Crippen molar-refractivity contribution in [2.45, 2.75) is 13.8 Å². The number of benzene rings is 1. The van der Waals surface area contributed by atoms with Crippen molar-refractivity contribution in [2.75, 3.05) is 5.43 Å². The summed E-state index contributed by atoms with van der Waals surface area (Å²) >= 11 is 5.80. The number of nitrogens with zero attached hydrogens (tertiary/aromatic N) is 3. The molecule has 0 aliphatic rings. The topological polar surface area (TPSA) is 50.2 Å². The second kappa shape index (κ2) is 5.60. The van der Waals surface area contributed by atoms with Gasteiger partial charge in [0.15, 0.2) is 0 Å². The molecule has 1 heterocycles. The molecular weight excluding hydrogens is 248 g/mol. The van der Waals surface area contributed by atoms with Crippen LogP contribution in [0.25, 0.3) is 0 Å². The smallest absolute Gasteiger partial charge is 0.243 e. The summed E-state index contributed by atoms with van der Waals surface area (Å²) in [6, 6.07) is 9.31. The van der Waals surface area contributed by atoms with E-state index in [1.54, 1.807) is 6.21 Å². The van der Waals surface area contributed by atoms with Gasteiger partial charge in [0.25, 0.3) is 0 Å². The number of aryl methyl sites for hydroxylation is 2. The van der Waals surface area contributed by atoms with Gasteiger partial charge in [0.2, 0.25) is 5.95 Å². The first kappa shape index (κ1) is 12.5. The molecule has 2 aromatic rings. The van der Waals surface area contributed by atoms with E-state index in [-0.39, 0.29) is 0 Å². The van der Waals surface area contributed by atoms with Crippen molar-refractivity contribution < 1.29 is 0 Å². The Balaban J connectivity index is 2.04. The van der Waals surface area contributed by atoms with Gasteiger partial charge in [-0.05, 0) is 37.6 Å². The molecule has 92 valence electrons. The molecule has 0 amide bonds. The molecular formula is C13H13ClN4. The summed E-state index contributed by atoms with van der Waals surface area (Å²) in [4.78, 5) is 8.44. The third-order valence-corrected chi connectivity index (χ3v) is 2.48. The molecule has 0 saturated heterocycles. The largest absolute Gasteiger partial charge is 0.245 e. The molecule has 0 radical (unpaired) electrons. The van der Waals surface area contributed by atoms with E-state index < -0.39 is 0 Å². The Bertz CT molecular complexity index is 543. The van der Waals surface area contributed by atoms with Crippen LogP contribution in [0.2, 0.25) is 5.02 Å². The van der Waals surface area contributed by atoms with Crippen LogP contribution < -0.4 is 5.43 Å². The van der Waals surface area contributed by atoms with Gasteiger partial charge in [0.1, 0.15) is 0 Å². The van der Waals surface area contributed by atoms with Crippen LogP contribution in [0.5, 0.6) is 0 Å². The minimum absolute atomic E-state index is 0.498. The molecule has 0 atom stereocenters. The third kappa shape index (κ3) is 3.53. The zero-order chi connectivity index (χ0) is 13.0. The fraction of sp³-hybridized carbons (Fsp3) is 0.154. The minimum atomic E-state index is 0.498. The molecule has 0 aliphatic carbocycles. The average Bonchev–Trinajstić information content (AvgIpc) is 2.30. The summed E-state index contributed by atoms with van der Waals surface area (Å²) in [5, 5.41) is 4.79. The molecule has 4 nitrogen and oxygen atoms in total. The highest BCUT2D eigenvalue weighted by molar-refractivity contribution is 6.30. The average molecular weight is 261 g/mol. The number of rotatable bonds is 3. The lowest BCUT2D eigenvalue weighted by Gasteiger charge is -2.01. The molecule has 5 heteroatoms. The number of hydrazone groups is 1. The van der Waals surface area contributed by atoms with E-state index in [4.69, 9.17) is 11.6 Å². The van der Waals surface area contributed by atoms with E-state index in [1.165, 1.54) is 0 Å². The standard InChI is InChI=1S/C13H13ClN4/c1-9-7-10(2)17-13(16-9)18-15-8-11-3-5-12(14)6-4-11/h3-8H,1-2H3,(H,16,17,18)/b15-8+. The molecule has 1 N–H and O–H groups in total. The molecule has 0 saturated carbocycles. The highest BCUT2D eigenvalue weighted by Gasteiger charge is 1.96. The Morgan fingerprint density at radius 2 is 1.72 bits per heavy atom. The molecule has 0 spiro atoms. The van der Waals surface area contributed by atoms with Crippen LogP contribution in [0.15, 0.2) is 35.4 Å². The van der Waals surface area contributed by atoms with E-state index in [9.17, 15) is 0 Å². The number of halogens is 1. The van der Waals surface area contributed by atoms with E-state index >= 15 is 0 Å². The van der Waals surface area contributed by atoms with Crippen LogP contribution in [-0.4, -0.2) is 16.2 Å². The Kier molecular flexibility index (Phi) is 3.89. The van der Waals surface area contributed by atoms with Crippen molar-refractivity contribution in [3.8, 4) is 0 Å². The Hall–Kier alpha value is -1.94. The van der Waals surface area contributed by atoms with Gasteiger partial charge in [-0.3, -0.25) is 0 Å². The van der Waals surface area contributed by atoms with Gasteiger partial charge in [-0.25, -0.2) is 15.4 Å². The maximum atomic E-state index is 5.80. The second-order valence-electron chi connectivity index (χ2n) is 3.90. The summed E-state index contributed by atoms with van der Waals surface area (Å²) in [5.41, 5.74) is 5.58. The molecule has 0 bridgehead atoms. The van der Waals surface area contributed by atoms with Crippen molar-refractivity contribution >= 4 is 23.8 Å². The number of hydrogen-bond acceptors (Lipinski definition) is 4. The first-order valence-electron chi connectivity index (χ1n) is 5.50. The van der Waals surface area contributed by atoms with Gasteiger partial charge < -0.3 is 0 Å².